The molecule has 0 radical (unpaired) electrons. The molecule has 1 heterocycles. The van der Waals surface area contributed by atoms with E-state index in [0.29, 0.717) is 13.1 Å². The van der Waals surface area contributed by atoms with Crippen LogP contribution in [0.3, 0.4) is 0 Å². The fourth-order valence-electron chi connectivity index (χ4n) is 2.40. The van der Waals surface area contributed by atoms with E-state index in [1.807, 2.05) is 24.3 Å². The van der Waals surface area contributed by atoms with E-state index in [0.717, 1.165) is 36.9 Å². The number of aliphatic hydroxyl groups is 1. The van der Waals surface area contributed by atoms with Gasteiger partial charge in [0.2, 0.25) is 0 Å². The molecule has 0 aromatic heterocycles. The van der Waals surface area contributed by atoms with Gasteiger partial charge in [-0.05, 0) is 18.6 Å². The average molecular weight is 299 g/mol. The van der Waals surface area contributed by atoms with E-state index in [-0.39, 0.29) is 12.1 Å². The Morgan fingerprint density at radius 3 is 2.75 bits per heavy atom. The molecular weight excluding hydrogens is 276 g/mol. The van der Waals surface area contributed by atoms with Gasteiger partial charge in [0.05, 0.1) is 19.3 Å². The molecule has 1 fully saturated rings. The second-order valence-electron chi connectivity index (χ2n) is 5.22. The molecule has 1 saturated heterocycles. The van der Waals surface area contributed by atoms with Crippen molar-refractivity contribution in [2.24, 2.45) is 0 Å². The molecule has 0 aliphatic carbocycles. The van der Waals surface area contributed by atoms with Crippen molar-refractivity contribution in [3.63, 3.8) is 0 Å². The second kappa shape index (κ2) is 7.96. The van der Waals surface area contributed by atoms with Crippen LogP contribution in [0.2, 0.25) is 5.02 Å². The Bertz CT molecular complexity index is 411. The zero-order valence-corrected chi connectivity index (χ0v) is 12.6. The Kier molecular flexibility index (Phi) is 6.26. The highest BCUT2D eigenvalue weighted by Gasteiger charge is 2.16. The highest BCUT2D eigenvalue weighted by Crippen LogP contribution is 2.21. The van der Waals surface area contributed by atoms with Crippen molar-refractivity contribution >= 4 is 11.6 Å². The van der Waals surface area contributed by atoms with Gasteiger partial charge in [-0.2, -0.15) is 0 Å². The number of rotatable bonds is 6. The summed E-state index contributed by atoms with van der Waals surface area (Å²) in [5, 5.41) is 14.2. The van der Waals surface area contributed by atoms with Crippen LogP contribution in [-0.2, 0) is 4.74 Å². The van der Waals surface area contributed by atoms with Crippen LogP contribution in [0.5, 0.6) is 0 Å². The zero-order valence-electron chi connectivity index (χ0n) is 11.9. The van der Waals surface area contributed by atoms with Gasteiger partial charge in [-0.15, -0.1) is 0 Å². The van der Waals surface area contributed by atoms with Gasteiger partial charge in [-0.3, -0.25) is 4.90 Å². The van der Waals surface area contributed by atoms with E-state index in [1.165, 1.54) is 0 Å². The van der Waals surface area contributed by atoms with Crippen molar-refractivity contribution in [3.05, 3.63) is 34.9 Å². The fourth-order valence-corrected chi connectivity index (χ4v) is 2.69. The Hall–Kier alpha value is -0.650. The molecule has 5 heteroatoms. The summed E-state index contributed by atoms with van der Waals surface area (Å²) in [5.41, 5.74) is 1.06. The summed E-state index contributed by atoms with van der Waals surface area (Å²) in [7, 11) is 0. The van der Waals surface area contributed by atoms with Crippen molar-refractivity contribution in [2.45, 2.75) is 19.1 Å². The van der Waals surface area contributed by atoms with Gasteiger partial charge >= 0.3 is 0 Å². The molecule has 4 nitrogen and oxygen atoms in total. The van der Waals surface area contributed by atoms with Gasteiger partial charge in [0, 0.05) is 37.2 Å². The van der Waals surface area contributed by atoms with Gasteiger partial charge in [0.15, 0.2) is 0 Å². The Morgan fingerprint density at radius 1 is 1.35 bits per heavy atom. The highest BCUT2D eigenvalue weighted by molar-refractivity contribution is 6.31. The average Bonchev–Trinajstić information content (AvgIpc) is 2.46. The number of ether oxygens (including phenoxy) is 1. The van der Waals surface area contributed by atoms with E-state index in [4.69, 9.17) is 16.3 Å². The molecule has 1 aromatic carbocycles. The standard InChI is InChI=1S/C15H23ClN2O2/c1-12(14-4-2-3-5-15(14)16)17-10-13(19)11-18-6-8-20-9-7-18/h2-5,12-13,17,19H,6-11H2,1H3/t12-,13?/m1/s1. The minimum atomic E-state index is -0.377. The molecule has 2 atom stereocenters. The molecule has 0 saturated carbocycles. The van der Waals surface area contributed by atoms with Gasteiger partial charge in [0.1, 0.15) is 0 Å². The van der Waals surface area contributed by atoms with E-state index in [1.54, 1.807) is 0 Å². The molecule has 0 spiro atoms. The summed E-state index contributed by atoms with van der Waals surface area (Å²) in [6, 6.07) is 7.92. The van der Waals surface area contributed by atoms with Crippen molar-refractivity contribution in [2.75, 3.05) is 39.4 Å². The van der Waals surface area contributed by atoms with Crippen LogP contribution < -0.4 is 5.32 Å². The minimum Gasteiger partial charge on any atom is -0.390 e. The number of nitrogens with zero attached hydrogens (tertiary/aromatic N) is 1. The Labute approximate surface area is 125 Å². The first-order valence-corrected chi connectivity index (χ1v) is 7.50. The number of hydrogen-bond acceptors (Lipinski definition) is 4. The van der Waals surface area contributed by atoms with Crippen molar-refractivity contribution in [1.82, 2.24) is 10.2 Å². The third-order valence-electron chi connectivity index (χ3n) is 3.60. The summed E-state index contributed by atoms with van der Waals surface area (Å²) in [6.45, 7) is 6.62. The van der Waals surface area contributed by atoms with Gasteiger partial charge < -0.3 is 15.2 Å². The maximum atomic E-state index is 10.1. The number of benzene rings is 1. The Morgan fingerprint density at radius 2 is 2.05 bits per heavy atom. The number of nitrogens with one attached hydrogen (secondary N) is 1. The lowest BCUT2D eigenvalue weighted by Gasteiger charge is -2.29. The number of morpholine rings is 1. The largest absolute Gasteiger partial charge is 0.390 e. The van der Waals surface area contributed by atoms with Crippen LogP contribution in [0.25, 0.3) is 0 Å². The normalized spacial score (nSPS) is 19.8. The number of β-amino-alcohol motifs (C(OH)–C–C–N with tert-alkyl or cyclic N) is 1. The second-order valence-corrected chi connectivity index (χ2v) is 5.63. The monoisotopic (exact) mass is 298 g/mol. The first-order valence-electron chi connectivity index (χ1n) is 7.13. The predicted octanol–water partition coefficient (Wildman–Crippen LogP) is 1.68. The molecule has 1 aliphatic heterocycles. The van der Waals surface area contributed by atoms with Crippen LogP contribution in [0.15, 0.2) is 24.3 Å². The van der Waals surface area contributed by atoms with E-state index in [2.05, 4.69) is 17.1 Å². The Balaban J connectivity index is 1.75. The quantitative estimate of drug-likeness (QED) is 0.839. The lowest BCUT2D eigenvalue weighted by Crippen LogP contribution is -2.44. The van der Waals surface area contributed by atoms with Crippen LogP contribution in [0.4, 0.5) is 0 Å². The third-order valence-corrected chi connectivity index (χ3v) is 3.95. The number of halogens is 1. The number of hydrogen-bond donors (Lipinski definition) is 2. The van der Waals surface area contributed by atoms with Crippen molar-refractivity contribution in [1.29, 1.82) is 0 Å². The maximum absolute atomic E-state index is 10.1. The molecule has 2 rings (SSSR count). The molecule has 0 amide bonds. The molecular formula is C15H23ClN2O2. The first kappa shape index (κ1) is 15.7. The van der Waals surface area contributed by atoms with Gasteiger partial charge in [-0.1, -0.05) is 29.8 Å². The highest BCUT2D eigenvalue weighted by atomic mass is 35.5. The summed E-state index contributed by atoms with van der Waals surface area (Å²) >= 11 is 6.17. The smallest absolute Gasteiger partial charge is 0.0791 e. The minimum absolute atomic E-state index is 0.128. The molecule has 1 unspecified atom stereocenters. The SMILES string of the molecule is C[C@@H](NCC(O)CN1CCOCC1)c1ccccc1Cl. The molecule has 112 valence electrons. The summed E-state index contributed by atoms with van der Waals surface area (Å²) < 4.78 is 5.30. The predicted molar refractivity (Wildman–Crippen MR) is 81.1 cm³/mol. The number of aliphatic hydroxyl groups excluding tert-OH is 1. The van der Waals surface area contributed by atoms with E-state index >= 15 is 0 Å². The van der Waals surface area contributed by atoms with E-state index in [9.17, 15) is 5.11 Å². The van der Waals surface area contributed by atoms with E-state index < -0.39 is 0 Å². The van der Waals surface area contributed by atoms with Gasteiger partial charge in [-0.25, -0.2) is 0 Å². The van der Waals surface area contributed by atoms with Crippen molar-refractivity contribution < 1.29 is 9.84 Å². The third kappa shape index (κ3) is 4.72. The maximum Gasteiger partial charge on any atom is 0.0791 e. The summed E-state index contributed by atoms with van der Waals surface area (Å²) in [4.78, 5) is 2.23. The lowest BCUT2D eigenvalue weighted by molar-refractivity contribution is 0.0145. The summed E-state index contributed by atoms with van der Waals surface area (Å²) in [6.07, 6.45) is -0.377. The molecule has 2 N–H and O–H groups in total. The van der Waals surface area contributed by atoms with Crippen LogP contribution in [0, 0.1) is 0 Å². The molecule has 1 aromatic rings. The van der Waals surface area contributed by atoms with Crippen LogP contribution in [-0.4, -0.2) is 55.5 Å². The molecule has 0 bridgehead atoms. The lowest BCUT2D eigenvalue weighted by atomic mass is 10.1. The summed E-state index contributed by atoms with van der Waals surface area (Å²) in [5.74, 6) is 0. The molecule has 1 aliphatic rings. The van der Waals surface area contributed by atoms with Gasteiger partial charge in [0.25, 0.3) is 0 Å². The zero-order chi connectivity index (χ0) is 14.4. The topological polar surface area (TPSA) is 44.7 Å². The van der Waals surface area contributed by atoms with Crippen molar-refractivity contribution in [3.8, 4) is 0 Å². The first-order chi connectivity index (χ1) is 9.66. The van der Waals surface area contributed by atoms with Crippen LogP contribution >= 0.6 is 11.6 Å². The van der Waals surface area contributed by atoms with Crippen LogP contribution in [0.1, 0.15) is 18.5 Å². The fraction of sp³-hybridized carbons (Fsp3) is 0.600. The molecule has 20 heavy (non-hydrogen) atoms.